The van der Waals surface area contributed by atoms with Crippen LogP contribution >= 0.6 is 11.3 Å². The first-order valence-electron chi connectivity index (χ1n) is 6.05. The number of aliphatic hydroxyl groups is 1. The van der Waals surface area contributed by atoms with Crippen molar-refractivity contribution in [2.45, 2.75) is 39.2 Å². The van der Waals surface area contributed by atoms with E-state index in [9.17, 15) is 9.90 Å². The van der Waals surface area contributed by atoms with E-state index in [0.717, 1.165) is 12.8 Å². The number of carbonyl (C=O) groups is 1. The minimum absolute atomic E-state index is 0.0934. The summed E-state index contributed by atoms with van der Waals surface area (Å²) in [6.45, 7) is 4.45. The van der Waals surface area contributed by atoms with Crippen LogP contribution in [-0.2, 0) is 11.2 Å². The lowest BCUT2D eigenvalue weighted by molar-refractivity contribution is -0.121. The van der Waals surface area contributed by atoms with Crippen molar-refractivity contribution in [2.24, 2.45) is 5.92 Å². The molecule has 0 saturated heterocycles. The summed E-state index contributed by atoms with van der Waals surface area (Å²) in [5.41, 5.74) is 0. The highest BCUT2D eigenvalue weighted by molar-refractivity contribution is 7.09. The number of hydrogen-bond donors (Lipinski definition) is 2. The van der Waals surface area contributed by atoms with E-state index in [1.807, 2.05) is 24.4 Å². The van der Waals surface area contributed by atoms with Crippen molar-refractivity contribution in [3.63, 3.8) is 0 Å². The SMILES string of the molecule is CC(O)CC(C)CNC(=O)CCc1cccs1. The van der Waals surface area contributed by atoms with Crippen LogP contribution in [0.3, 0.4) is 0 Å². The zero-order chi connectivity index (χ0) is 12.7. The Morgan fingerprint density at radius 2 is 2.29 bits per heavy atom. The quantitative estimate of drug-likeness (QED) is 0.785. The summed E-state index contributed by atoms with van der Waals surface area (Å²) in [5.74, 6) is 0.413. The second-order valence-electron chi connectivity index (χ2n) is 4.57. The predicted octanol–water partition coefficient (Wildman–Crippen LogP) is 2.20. The Bertz CT molecular complexity index is 322. The van der Waals surface area contributed by atoms with E-state index in [1.54, 1.807) is 18.3 Å². The van der Waals surface area contributed by atoms with Crippen molar-refractivity contribution in [1.29, 1.82) is 0 Å². The maximum Gasteiger partial charge on any atom is 0.220 e. The molecule has 1 aromatic heterocycles. The van der Waals surface area contributed by atoms with E-state index < -0.39 is 0 Å². The largest absolute Gasteiger partial charge is 0.393 e. The molecule has 0 aliphatic heterocycles. The number of aliphatic hydroxyl groups excluding tert-OH is 1. The van der Waals surface area contributed by atoms with Gasteiger partial charge in [-0.2, -0.15) is 0 Å². The third-order valence-electron chi connectivity index (χ3n) is 2.57. The topological polar surface area (TPSA) is 49.3 Å². The van der Waals surface area contributed by atoms with Gasteiger partial charge in [-0.15, -0.1) is 11.3 Å². The van der Waals surface area contributed by atoms with Crippen LogP contribution in [0.15, 0.2) is 17.5 Å². The molecular formula is C13H21NO2S. The molecule has 0 radical (unpaired) electrons. The summed E-state index contributed by atoms with van der Waals surface area (Å²) in [6, 6.07) is 4.05. The molecule has 0 saturated carbocycles. The van der Waals surface area contributed by atoms with Crippen molar-refractivity contribution in [3.05, 3.63) is 22.4 Å². The molecule has 17 heavy (non-hydrogen) atoms. The summed E-state index contributed by atoms with van der Waals surface area (Å²) >= 11 is 1.68. The molecule has 1 rings (SSSR count). The van der Waals surface area contributed by atoms with Crippen molar-refractivity contribution in [2.75, 3.05) is 6.54 Å². The summed E-state index contributed by atoms with van der Waals surface area (Å²) in [6.07, 6.45) is 1.79. The minimum Gasteiger partial charge on any atom is -0.393 e. The molecule has 1 aromatic rings. The van der Waals surface area contributed by atoms with E-state index in [0.29, 0.717) is 18.9 Å². The number of amides is 1. The number of hydrogen-bond acceptors (Lipinski definition) is 3. The summed E-state index contributed by atoms with van der Waals surface area (Å²) in [4.78, 5) is 12.8. The Morgan fingerprint density at radius 3 is 2.88 bits per heavy atom. The lowest BCUT2D eigenvalue weighted by Gasteiger charge is -2.14. The first kappa shape index (κ1) is 14.2. The standard InChI is InChI=1S/C13H21NO2S/c1-10(8-11(2)15)9-14-13(16)6-5-12-4-3-7-17-12/h3-4,7,10-11,15H,5-6,8-9H2,1-2H3,(H,14,16). The third kappa shape index (κ3) is 6.44. The van der Waals surface area contributed by atoms with Gasteiger partial charge in [0.05, 0.1) is 6.10 Å². The number of carbonyl (C=O) groups excluding carboxylic acids is 1. The number of aryl methyl sites for hydroxylation is 1. The molecule has 0 aromatic carbocycles. The van der Waals surface area contributed by atoms with Crippen molar-refractivity contribution in [1.82, 2.24) is 5.32 Å². The van der Waals surface area contributed by atoms with Gasteiger partial charge in [0, 0.05) is 17.8 Å². The van der Waals surface area contributed by atoms with Gasteiger partial charge in [0.1, 0.15) is 0 Å². The average Bonchev–Trinajstić information content (AvgIpc) is 2.75. The Hall–Kier alpha value is -0.870. The molecule has 2 atom stereocenters. The summed E-state index contributed by atoms with van der Waals surface area (Å²) in [7, 11) is 0. The van der Waals surface area contributed by atoms with Crippen LogP contribution < -0.4 is 5.32 Å². The highest BCUT2D eigenvalue weighted by atomic mass is 32.1. The van der Waals surface area contributed by atoms with Gasteiger partial charge in [-0.1, -0.05) is 13.0 Å². The first-order valence-corrected chi connectivity index (χ1v) is 6.93. The lowest BCUT2D eigenvalue weighted by Crippen LogP contribution is -2.29. The minimum atomic E-state index is -0.298. The summed E-state index contributed by atoms with van der Waals surface area (Å²) in [5, 5.41) is 14.1. The molecule has 0 spiro atoms. The van der Waals surface area contributed by atoms with Gasteiger partial charge in [0.2, 0.25) is 5.91 Å². The number of thiophene rings is 1. The van der Waals surface area contributed by atoms with Crippen molar-refractivity contribution in [3.8, 4) is 0 Å². The van der Waals surface area contributed by atoms with Crippen LogP contribution in [0.25, 0.3) is 0 Å². The molecule has 3 nitrogen and oxygen atoms in total. The highest BCUT2D eigenvalue weighted by Gasteiger charge is 2.08. The van der Waals surface area contributed by atoms with Gasteiger partial charge < -0.3 is 10.4 Å². The zero-order valence-electron chi connectivity index (χ0n) is 10.5. The molecular weight excluding hydrogens is 234 g/mol. The van der Waals surface area contributed by atoms with Crippen LogP contribution in [0.1, 0.15) is 31.6 Å². The molecule has 2 unspecified atom stereocenters. The van der Waals surface area contributed by atoms with Crippen LogP contribution in [0, 0.1) is 5.92 Å². The van der Waals surface area contributed by atoms with Crippen LogP contribution in [0.2, 0.25) is 0 Å². The fourth-order valence-electron chi connectivity index (χ4n) is 1.73. The normalized spacial score (nSPS) is 14.3. The second kappa shape index (κ2) is 7.45. The van der Waals surface area contributed by atoms with E-state index in [-0.39, 0.29) is 12.0 Å². The average molecular weight is 255 g/mol. The molecule has 0 aliphatic rings. The fraction of sp³-hybridized carbons (Fsp3) is 0.615. The van der Waals surface area contributed by atoms with Gasteiger partial charge in [0.15, 0.2) is 0 Å². The monoisotopic (exact) mass is 255 g/mol. The van der Waals surface area contributed by atoms with E-state index in [1.165, 1.54) is 4.88 Å². The smallest absolute Gasteiger partial charge is 0.220 e. The summed E-state index contributed by atoms with van der Waals surface area (Å²) < 4.78 is 0. The zero-order valence-corrected chi connectivity index (χ0v) is 11.3. The molecule has 0 fully saturated rings. The van der Waals surface area contributed by atoms with Crippen molar-refractivity contribution >= 4 is 17.2 Å². The maximum absolute atomic E-state index is 11.6. The van der Waals surface area contributed by atoms with Gasteiger partial charge >= 0.3 is 0 Å². The maximum atomic E-state index is 11.6. The molecule has 4 heteroatoms. The molecule has 2 N–H and O–H groups in total. The molecule has 0 bridgehead atoms. The molecule has 1 heterocycles. The second-order valence-corrected chi connectivity index (χ2v) is 5.61. The molecule has 96 valence electrons. The van der Waals surface area contributed by atoms with Gasteiger partial charge in [0.25, 0.3) is 0 Å². The Labute approximate surface area is 107 Å². The Kier molecular flexibility index (Phi) is 6.22. The highest BCUT2D eigenvalue weighted by Crippen LogP contribution is 2.10. The van der Waals surface area contributed by atoms with E-state index in [4.69, 9.17) is 0 Å². The number of rotatable bonds is 7. The molecule has 0 aliphatic carbocycles. The molecule has 1 amide bonds. The lowest BCUT2D eigenvalue weighted by atomic mass is 10.0. The first-order chi connectivity index (χ1) is 8.08. The van der Waals surface area contributed by atoms with E-state index >= 15 is 0 Å². The van der Waals surface area contributed by atoms with Crippen LogP contribution in [0.4, 0.5) is 0 Å². The Balaban J connectivity index is 2.13. The van der Waals surface area contributed by atoms with Crippen LogP contribution in [-0.4, -0.2) is 23.7 Å². The number of nitrogens with one attached hydrogen (secondary N) is 1. The predicted molar refractivity (Wildman–Crippen MR) is 71.1 cm³/mol. The van der Waals surface area contributed by atoms with E-state index in [2.05, 4.69) is 5.32 Å². The van der Waals surface area contributed by atoms with Gasteiger partial charge in [-0.05, 0) is 37.1 Å². The van der Waals surface area contributed by atoms with Gasteiger partial charge in [-0.3, -0.25) is 4.79 Å². The van der Waals surface area contributed by atoms with Gasteiger partial charge in [-0.25, -0.2) is 0 Å². The third-order valence-corrected chi connectivity index (χ3v) is 3.51. The van der Waals surface area contributed by atoms with Crippen LogP contribution in [0.5, 0.6) is 0 Å². The Morgan fingerprint density at radius 1 is 1.53 bits per heavy atom. The fourth-order valence-corrected chi connectivity index (χ4v) is 2.44. The van der Waals surface area contributed by atoms with Crippen molar-refractivity contribution < 1.29 is 9.90 Å².